The van der Waals surface area contributed by atoms with Crippen molar-refractivity contribution in [3.63, 3.8) is 0 Å². The number of ether oxygens (including phenoxy) is 1. The minimum Gasteiger partial charge on any atom is -0.460 e. The number of unbranched alkanes of at least 4 members (excludes halogenated alkanes) is 2. The fraction of sp³-hybridized carbons (Fsp3) is 0.773. The molecule has 30 heavy (non-hydrogen) atoms. The van der Waals surface area contributed by atoms with Crippen molar-refractivity contribution in [3.05, 3.63) is 0 Å². The molecule has 0 spiro atoms. The predicted octanol–water partition coefficient (Wildman–Crippen LogP) is 3.62. The number of esters is 1. The second kappa shape index (κ2) is 24.9. The van der Waals surface area contributed by atoms with Crippen molar-refractivity contribution < 1.29 is 38.6 Å². The quantitative estimate of drug-likeness (QED) is 0.387. The highest BCUT2D eigenvalue weighted by atomic mass is 16.5. The first-order valence-electron chi connectivity index (χ1n) is 10.3. The summed E-state index contributed by atoms with van der Waals surface area (Å²) in [6.45, 7) is 12.5. The van der Waals surface area contributed by atoms with Gasteiger partial charge in [0.1, 0.15) is 11.6 Å². The Morgan fingerprint density at radius 2 is 1.33 bits per heavy atom. The van der Waals surface area contributed by atoms with Crippen molar-refractivity contribution >= 4 is 29.5 Å². The van der Waals surface area contributed by atoms with Gasteiger partial charge in [-0.2, -0.15) is 9.59 Å². The van der Waals surface area contributed by atoms with Gasteiger partial charge in [-0.1, -0.05) is 40.0 Å². The lowest BCUT2D eigenvalue weighted by molar-refractivity contribution is -0.191. The Morgan fingerprint density at radius 3 is 1.63 bits per heavy atom. The number of rotatable bonds is 11. The molecule has 0 rings (SSSR count). The van der Waals surface area contributed by atoms with Gasteiger partial charge in [0.25, 0.3) is 0 Å². The number of ketones is 3. The highest BCUT2D eigenvalue weighted by molar-refractivity contribution is 6.33. The smallest absolute Gasteiger partial charge is 0.374 e. The molecular formula is C22H40O8. The van der Waals surface area contributed by atoms with Crippen LogP contribution in [0.15, 0.2) is 0 Å². The van der Waals surface area contributed by atoms with Gasteiger partial charge in [-0.25, -0.2) is 4.79 Å². The molecule has 0 aliphatic carbocycles. The van der Waals surface area contributed by atoms with Crippen LogP contribution in [0.2, 0.25) is 0 Å². The first-order chi connectivity index (χ1) is 13.9. The molecule has 0 aromatic rings. The van der Waals surface area contributed by atoms with E-state index in [1.165, 1.54) is 20.8 Å². The lowest BCUT2D eigenvalue weighted by Crippen LogP contribution is -2.30. The van der Waals surface area contributed by atoms with Crippen LogP contribution >= 0.6 is 0 Å². The van der Waals surface area contributed by atoms with Crippen LogP contribution in [0.5, 0.6) is 0 Å². The summed E-state index contributed by atoms with van der Waals surface area (Å²) in [5, 5.41) is 9.90. The summed E-state index contributed by atoms with van der Waals surface area (Å²) in [6.07, 6.45) is 6.05. The number of carbonyl (C=O) groups excluding carboxylic acids is 6. The lowest BCUT2D eigenvalue weighted by atomic mass is 9.89. The molecule has 1 N–H and O–H groups in total. The summed E-state index contributed by atoms with van der Waals surface area (Å²) < 4.78 is 4.51. The largest absolute Gasteiger partial charge is 0.460 e. The van der Waals surface area contributed by atoms with Gasteiger partial charge in [-0.15, -0.1) is 0 Å². The predicted molar refractivity (Wildman–Crippen MR) is 113 cm³/mol. The molecule has 0 aliphatic rings. The third-order valence-electron chi connectivity index (χ3n) is 3.49. The van der Waals surface area contributed by atoms with Crippen molar-refractivity contribution in [2.24, 2.45) is 0 Å². The summed E-state index contributed by atoms with van der Waals surface area (Å²) >= 11 is 0. The molecule has 8 nitrogen and oxygen atoms in total. The van der Waals surface area contributed by atoms with Gasteiger partial charge >= 0.3 is 12.1 Å². The minimum atomic E-state index is -0.734. The molecule has 0 amide bonds. The van der Waals surface area contributed by atoms with Gasteiger partial charge < -0.3 is 14.6 Å². The van der Waals surface area contributed by atoms with Crippen molar-refractivity contribution in [1.29, 1.82) is 0 Å². The van der Waals surface area contributed by atoms with E-state index in [2.05, 4.69) is 11.7 Å². The Hall–Kier alpha value is -2.18. The highest BCUT2D eigenvalue weighted by Crippen LogP contribution is 2.22. The molecule has 176 valence electrons. The Bertz CT molecular complexity index is 503. The zero-order valence-corrected chi connectivity index (χ0v) is 19.7. The second-order valence-electron chi connectivity index (χ2n) is 6.80. The highest BCUT2D eigenvalue weighted by Gasteiger charge is 2.25. The molecule has 1 unspecified atom stereocenters. The minimum absolute atomic E-state index is 0.0791. The van der Waals surface area contributed by atoms with E-state index in [0.717, 1.165) is 32.1 Å². The molecule has 0 aromatic carbocycles. The van der Waals surface area contributed by atoms with Crippen LogP contribution in [0.25, 0.3) is 0 Å². The van der Waals surface area contributed by atoms with Gasteiger partial charge in [0.05, 0.1) is 12.2 Å². The number of aliphatic hydroxyl groups is 1. The molecule has 0 aromatic heterocycles. The monoisotopic (exact) mass is 432 g/mol. The molecule has 0 heterocycles. The van der Waals surface area contributed by atoms with Crippen LogP contribution in [0.3, 0.4) is 0 Å². The lowest BCUT2D eigenvalue weighted by Gasteiger charge is -2.25. The number of Topliss-reactive ketones (excluding diaryl/α,β-unsaturated/α-hetero) is 3. The van der Waals surface area contributed by atoms with Gasteiger partial charge in [0.2, 0.25) is 5.78 Å². The van der Waals surface area contributed by atoms with Crippen molar-refractivity contribution in [2.75, 3.05) is 6.61 Å². The SMILES string of the molecule is CC(C)=O.CCCCC(=O)C(=O)OCC.CCCCC(O)(CC)CC(C)=O.O=C=O. The van der Waals surface area contributed by atoms with Crippen molar-refractivity contribution in [1.82, 2.24) is 0 Å². The summed E-state index contributed by atoms with van der Waals surface area (Å²) in [5.41, 5.74) is -0.734. The van der Waals surface area contributed by atoms with Crippen LogP contribution in [-0.4, -0.2) is 46.8 Å². The van der Waals surface area contributed by atoms with E-state index in [4.69, 9.17) is 9.59 Å². The first-order valence-corrected chi connectivity index (χ1v) is 10.3. The maximum atomic E-state index is 10.8. The molecule has 0 bridgehead atoms. The molecule has 0 fully saturated rings. The Kier molecular flexibility index (Phi) is 29.2. The van der Waals surface area contributed by atoms with E-state index in [9.17, 15) is 24.3 Å². The van der Waals surface area contributed by atoms with E-state index in [-0.39, 0.29) is 24.3 Å². The number of hydrogen-bond acceptors (Lipinski definition) is 8. The van der Waals surface area contributed by atoms with E-state index >= 15 is 0 Å². The van der Waals surface area contributed by atoms with Crippen LogP contribution in [-0.2, 0) is 33.5 Å². The molecule has 0 radical (unpaired) electrons. The number of hydrogen-bond donors (Lipinski definition) is 1. The van der Waals surface area contributed by atoms with Gasteiger partial charge in [-0.3, -0.25) is 9.59 Å². The van der Waals surface area contributed by atoms with Gasteiger partial charge in [0.15, 0.2) is 0 Å². The number of carbonyl (C=O) groups is 4. The van der Waals surface area contributed by atoms with E-state index in [0.29, 0.717) is 19.3 Å². The van der Waals surface area contributed by atoms with Gasteiger partial charge in [-0.05, 0) is 47.0 Å². The standard InChI is InChI=1S/C10H20O2.C8H14O3.C3H6O.CO2/c1-4-6-7-10(12,5-2)8-9(3)11;1-3-5-6-7(9)8(10)11-4-2;1-3(2)4;2-1-3/h12H,4-8H2,1-3H3;3-6H2,1-2H3;1-2H3;. The zero-order valence-electron chi connectivity index (χ0n) is 19.7. The maximum absolute atomic E-state index is 10.8. The van der Waals surface area contributed by atoms with E-state index in [1.807, 2.05) is 13.8 Å². The molecule has 8 heteroatoms. The molecule has 0 saturated carbocycles. The van der Waals surface area contributed by atoms with Crippen LogP contribution < -0.4 is 0 Å². The first kappa shape index (κ1) is 35.3. The molecule has 0 aliphatic heterocycles. The third kappa shape index (κ3) is 33.4. The zero-order chi connectivity index (χ0) is 24.6. The third-order valence-corrected chi connectivity index (χ3v) is 3.49. The fourth-order valence-electron chi connectivity index (χ4n) is 2.01. The summed E-state index contributed by atoms with van der Waals surface area (Å²) in [4.78, 5) is 58.0. The van der Waals surface area contributed by atoms with Gasteiger partial charge in [0, 0.05) is 12.8 Å². The van der Waals surface area contributed by atoms with E-state index < -0.39 is 17.4 Å². The Balaban J connectivity index is -0.000000172. The summed E-state index contributed by atoms with van der Waals surface area (Å²) in [7, 11) is 0. The van der Waals surface area contributed by atoms with Crippen LogP contribution in [0.1, 0.15) is 99.8 Å². The maximum Gasteiger partial charge on any atom is 0.374 e. The molecule has 1 atom stereocenters. The molecular weight excluding hydrogens is 392 g/mol. The average Bonchev–Trinajstić information content (AvgIpc) is 2.65. The topological polar surface area (TPSA) is 132 Å². The fourth-order valence-corrected chi connectivity index (χ4v) is 2.01. The van der Waals surface area contributed by atoms with Crippen molar-refractivity contribution in [2.45, 2.75) is 105 Å². The Labute approximate surface area is 180 Å². The van der Waals surface area contributed by atoms with Crippen molar-refractivity contribution in [3.8, 4) is 0 Å². The summed E-state index contributed by atoms with van der Waals surface area (Å²) in [6, 6.07) is 0. The normalized spacial score (nSPS) is 10.8. The summed E-state index contributed by atoms with van der Waals surface area (Å²) in [5.74, 6) is -0.856. The molecule has 0 saturated heterocycles. The van der Waals surface area contributed by atoms with E-state index in [1.54, 1.807) is 6.92 Å². The van der Waals surface area contributed by atoms with Crippen LogP contribution in [0, 0.1) is 0 Å². The van der Waals surface area contributed by atoms with Crippen LogP contribution in [0.4, 0.5) is 0 Å². The average molecular weight is 433 g/mol. The Morgan fingerprint density at radius 1 is 0.900 bits per heavy atom. The second-order valence-corrected chi connectivity index (χ2v) is 6.80.